The molecule has 8 nitrogen and oxygen atoms in total. The van der Waals surface area contributed by atoms with E-state index >= 15 is 0 Å². The first-order valence-corrected chi connectivity index (χ1v) is 5.67. The summed E-state index contributed by atoms with van der Waals surface area (Å²) in [5.74, 6) is -1.70. The van der Waals surface area contributed by atoms with Gasteiger partial charge in [-0.1, -0.05) is 0 Å². The zero-order valence-electron chi connectivity index (χ0n) is 10.8. The van der Waals surface area contributed by atoms with Crippen LogP contribution in [-0.4, -0.2) is 32.8 Å². The van der Waals surface area contributed by atoms with Crippen LogP contribution >= 0.6 is 0 Å². The van der Waals surface area contributed by atoms with Gasteiger partial charge in [0.1, 0.15) is 0 Å². The van der Waals surface area contributed by atoms with E-state index in [0.717, 1.165) is 11.3 Å². The number of carbonyl (C=O) groups excluding carboxylic acids is 2. The number of nitrogens with zero attached hydrogens (tertiary/aromatic N) is 2. The van der Waals surface area contributed by atoms with Crippen molar-refractivity contribution in [3.05, 3.63) is 17.5 Å². The summed E-state index contributed by atoms with van der Waals surface area (Å²) in [6, 6.07) is -0.654. The van der Waals surface area contributed by atoms with Gasteiger partial charge in [0.05, 0.1) is 12.6 Å². The molecule has 0 spiro atoms. The first-order chi connectivity index (χ1) is 8.90. The minimum atomic E-state index is -1.08. The summed E-state index contributed by atoms with van der Waals surface area (Å²) in [6.45, 7) is 2.11. The zero-order valence-corrected chi connectivity index (χ0v) is 10.8. The summed E-state index contributed by atoms with van der Waals surface area (Å²) in [4.78, 5) is 32.8. The second-order valence-electron chi connectivity index (χ2n) is 4.00. The molecule has 3 amide bonds. The van der Waals surface area contributed by atoms with E-state index in [9.17, 15) is 14.4 Å². The van der Waals surface area contributed by atoms with E-state index in [-0.39, 0.29) is 19.4 Å². The average Bonchev–Trinajstić information content (AvgIpc) is 2.65. The first kappa shape index (κ1) is 14.7. The lowest BCUT2D eigenvalue weighted by Gasteiger charge is -2.06. The zero-order chi connectivity index (χ0) is 14.4. The lowest BCUT2D eigenvalue weighted by atomic mass is 10.2. The fourth-order valence-electron chi connectivity index (χ4n) is 1.35. The Balaban J connectivity index is 2.34. The van der Waals surface area contributed by atoms with Gasteiger partial charge in [-0.2, -0.15) is 5.10 Å². The van der Waals surface area contributed by atoms with E-state index < -0.39 is 17.9 Å². The van der Waals surface area contributed by atoms with E-state index in [1.54, 1.807) is 17.9 Å². The van der Waals surface area contributed by atoms with Gasteiger partial charge >= 0.3 is 12.0 Å². The van der Waals surface area contributed by atoms with Gasteiger partial charge in [0.15, 0.2) is 0 Å². The van der Waals surface area contributed by atoms with Gasteiger partial charge in [0.25, 0.3) is 0 Å². The number of carboxylic acids is 1. The molecule has 8 heteroatoms. The van der Waals surface area contributed by atoms with Crippen molar-refractivity contribution >= 4 is 17.9 Å². The van der Waals surface area contributed by atoms with Crippen LogP contribution in [0.1, 0.15) is 24.1 Å². The maximum Gasteiger partial charge on any atom is 0.321 e. The molecule has 0 aliphatic rings. The molecule has 19 heavy (non-hydrogen) atoms. The Morgan fingerprint density at radius 2 is 2.05 bits per heavy atom. The minimum absolute atomic E-state index is 0.228. The minimum Gasteiger partial charge on any atom is -0.481 e. The van der Waals surface area contributed by atoms with Crippen molar-refractivity contribution in [2.75, 3.05) is 0 Å². The number of amides is 3. The predicted octanol–water partition coefficient (Wildman–Crippen LogP) is -0.0809. The van der Waals surface area contributed by atoms with Crippen LogP contribution in [-0.2, 0) is 23.2 Å². The molecule has 0 aliphatic carbocycles. The fourth-order valence-corrected chi connectivity index (χ4v) is 1.35. The Labute approximate surface area is 109 Å². The van der Waals surface area contributed by atoms with Crippen LogP contribution in [0.3, 0.4) is 0 Å². The van der Waals surface area contributed by atoms with Crippen molar-refractivity contribution in [1.82, 2.24) is 20.4 Å². The molecule has 104 valence electrons. The van der Waals surface area contributed by atoms with Crippen LogP contribution in [0.15, 0.2) is 6.20 Å². The highest BCUT2D eigenvalue weighted by Gasteiger charge is 2.10. The van der Waals surface area contributed by atoms with Gasteiger partial charge in [0.2, 0.25) is 5.91 Å². The third-order valence-corrected chi connectivity index (χ3v) is 2.60. The molecule has 0 atom stereocenters. The Hall–Kier alpha value is -2.38. The van der Waals surface area contributed by atoms with Crippen molar-refractivity contribution in [2.24, 2.45) is 7.05 Å². The van der Waals surface area contributed by atoms with Crippen LogP contribution in [0.2, 0.25) is 0 Å². The van der Waals surface area contributed by atoms with Crippen LogP contribution in [0.5, 0.6) is 0 Å². The van der Waals surface area contributed by atoms with Gasteiger partial charge in [-0.15, -0.1) is 0 Å². The number of aromatic nitrogens is 2. The number of hydrogen-bond donors (Lipinski definition) is 3. The number of urea groups is 1. The van der Waals surface area contributed by atoms with E-state index in [2.05, 4.69) is 15.7 Å². The number of rotatable bonds is 5. The quantitative estimate of drug-likeness (QED) is 0.691. The third-order valence-electron chi connectivity index (χ3n) is 2.60. The number of hydrogen-bond acceptors (Lipinski definition) is 4. The Bertz CT molecular complexity index is 495. The highest BCUT2D eigenvalue weighted by Crippen LogP contribution is 2.04. The topological polar surface area (TPSA) is 113 Å². The highest BCUT2D eigenvalue weighted by molar-refractivity contribution is 5.95. The Morgan fingerprint density at radius 3 is 2.58 bits per heavy atom. The van der Waals surface area contributed by atoms with E-state index in [1.807, 2.05) is 6.92 Å². The number of aliphatic carboxylic acids is 1. The number of nitrogens with one attached hydrogen (secondary N) is 2. The SMILES string of the molecule is Cc1c(CNC(=O)NC(=O)CCC(=O)O)cnn1C. The highest BCUT2D eigenvalue weighted by atomic mass is 16.4. The van der Waals surface area contributed by atoms with Crippen LogP contribution in [0, 0.1) is 6.92 Å². The summed E-state index contributed by atoms with van der Waals surface area (Å²) in [7, 11) is 1.79. The lowest BCUT2D eigenvalue weighted by Crippen LogP contribution is -2.39. The molecule has 0 aliphatic heterocycles. The maximum absolute atomic E-state index is 11.4. The van der Waals surface area contributed by atoms with Crippen LogP contribution in [0.25, 0.3) is 0 Å². The van der Waals surface area contributed by atoms with Crippen molar-refractivity contribution in [3.8, 4) is 0 Å². The summed E-state index contributed by atoms with van der Waals surface area (Å²) < 4.78 is 1.67. The van der Waals surface area contributed by atoms with Crippen molar-refractivity contribution in [2.45, 2.75) is 26.3 Å². The molecular formula is C11H16N4O4. The van der Waals surface area contributed by atoms with E-state index in [4.69, 9.17) is 5.11 Å². The van der Waals surface area contributed by atoms with Gasteiger partial charge in [-0.3, -0.25) is 19.6 Å². The molecule has 0 fully saturated rings. The summed E-state index contributed by atoms with van der Waals surface area (Å²) in [5.41, 5.74) is 1.76. The fraction of sp³-hybridized carbons (Fsp3) is 0.455. The van der Waals surface area contributed by atoms with Crippen molar-refractivity contribution < 1.29 is 19.5 Å². The first-order valence-electron chi connectivity index (χ1n) is 5.67. The van der Waals surface area contributed by atoms with Gasteiger partial charge in [-0.25, -0.2) is 4.79 Å². The molecule has 0 radical (unpaired) electrons. The Morgan fingerprint density at radius 1 is 1.37 bits per heavy atom. The van der Waals surface area contributed by atoms with Crippen LogP contribution in [0.4, 0.5) is 4.79 Å². The van der Waals surface area contributed by atoms with Gasteiger partial charge in [0, 0.05) is 31.3 Å². The van der Waals surface area contributed by atoms with Gasteiger partial charge < -0.3 is 10.4 Å². The molecule has 0 aromatic carbocycles. The Kier molecular flexibility index (Phi) is 5.04. The van der Waals surface area contributed by atoms with Gasteiger partial charge in [-0.05, 0) is 6.92 Å². The molecule has 1 aromatic heterocycles. The molecule has 1 rings (SSSR count). The summed E-state index contributed by atoms with van der Waals surface area (Å²) >= 11 is 0. The number of carboxylic acid groups (broad SMARTS) is 1. The average molecular weight is 268 g/mol. The predicted molar refractivity (Wildman–Crippen MR) is 65.2 cm³/mol. The summed E-state index contributed by atoms with van der Waals surface area (Å²) in [6.07, 6.45) is 1.09. The number of aryl methyl sites for hydroxylation is 1. The van der Waals surface area contributed by atoms with Crippen molar-refractivity contribution in [3.63, 3.8) is 0 Å². The molecule has 1 heterocycles. The molecule has 0 saturated carbocycles. The number of carbonyl (C=O) groups is 3. The van der Waals surface area contributed by atoms with Crippen LogP contribution < -0.4 is 10.6 Å². The van der Waals surface area contributed by atoms with Crippen molar-refractivity contribution in [1.29, 1.82) is 0 Å². The largest absolute Gasteiger partial charge is 0.481 e. The number of imide groups is 1. The smallest absolute Gasteiger partial charge is 0.321 e. The molecule has 3 N–H and O–H groups in total. The maximum atomic E-state index is 11.4. The monoisotopic (exact) mass is 268 g/mol. The normalized spacial score (nSPS) is 10.0. The molecule has 0 bridgehead atoms. The molecule has 0 unspecified atom stereocenters. The van der Waals surface area contributed by atoms with E-state index in [0.29, 0.717) is 0 Å². The van der Waals surface area contributed by atoms with E-state index in [1.165, 1.54) is 0 Å². The molecule has 1 aromatic rings. The lowest BCUT2D eigenvalue weighted by molar-refractivity contribution is -0.138. The standard InChI is InChI=1S/C11H16N4O4/c1-7-8(6-13-15(7)2)5-12-11(19)14-9(16)3-4-10(17)18/h6H,3-5H2,1-2H3,(H,17,18)(H2,12,14,16,19). The third kappa shape index (κ3) is 4.78. The second kappa shape index (κ2) is 6.53. The molecule has 0 saturated heterocycles. The molecular weight excluding hydrogens is 252 g/mol. The second-order valence-corrected chi connectivity index (χ2v) is 4.00. The summed E-state index contributed by atoms with van der Waals surface area (Å²) in [5, 5.41) is 17.0.